The lowest BCUT2D eigenvalue weighted by atomic mass is 10.1. The molecule has 0 saturated carbocycles. The van der Waals surface area contributed by atoms with Crippen LogP contribution in [0.3, 0.4) is 0 Å². The van der Waals surface area contributed by atoms with Gasteiger partial charge in [0.15, 0.2) is 0 Å². The largest absolute Gasteiger partial charge is 0.298 e. The summed E-state index contributed by atoms with van der Waals surface area (Å²) in [5.74, 6) is 0.634. The van der Waals surface area contributed by atoms with Crippen LogP contribution in [0.15, 0.2) is 53.3 Å². The molecule has 168 valence electrons. The smallest absolute Gasteiger partial charge is 0.259 e. The number of benzene rings is 2. The maximum Gasteiger partial charge on any atom is 0.259 e. The summed E-state index contributed by atoms with van der Waals surface area (Å²) >= 11 is 12.6. The van der Waals surface area contributed by atoms with E-state index in [0.717, 1.165) is 48.3 Å². The van der Waals surface area contributed by atoms with Gasteiger partial charge in [0.25, 0.3) is 5.56 Å². The SMILES string of the molecule is CCCCCN1CN(c2cc(Cl)cc(Cl)c2)c2nc(C)c(Cc3ccccc3)c(=O)n2C1. The first-order valence-electron chi connectivity index (χ1n) is 11.1. The predicted molar refractivity (Wildman–Crippen MR) is 132 cm³/mol. The molecule has 4 rings (SSSR count). The van der Waals surface area contributed by atoms with Crippen LogP contribution < -0.4 is 10.5 Å². The van der Waals surface area contributed by atoms with Crippen LogP contribution in [-0.2, 0) is 13.1 Å². The summed E-state index contributed by atoms with van der Waals surface area (Å²) in [6, 6.07) is 15.5. The first-order chi connectivity index (χ1) is 15.5. The number of rotatable bonds is 7. The third-order valence-corrected chi connectivity index (χ3v) is 6.27. The highest BCUT2D eigenvalue weighted by atomic mass is 35.5. The number of halogens is 2. The molecular weight excluding hydrogens is 443 g/mol. The molecule has 0 fully saturated rings. The fraction of sp³-hybridized carbons (Fsp3) is 0.360. The van der Waals surface area contributed by atoms with Crippen molar-refractivity contribution in [2.24, 2.45) is 0 Å². The molecule has 1 aliphatic heterocycles. The number of nitrogens with zero attached hydrogens (tertiary/aromatic N) is 4. The second-order valence-corrected chi connectivity index (χ2v) is 9.18. The number of unbranched alkanes of at least 4 members (excludes halogenated alkanes) is 2. The highest BCUT2D eigenvalue weighted by Crippen LogP contribution is 2.32. The van der Waals surface area contributed by atoms with Crippen molar-refractivity contribution >= 4 is 34.8 Å². The van der Waals surface area contributed by atoms with Crippen LogP contribution >= 0.6 is 23.2 Å². The lowest BCUT2D eigenvalue weighted by Crippen LogP contribution is -2.48. The second-order valence-electron chi connectivity index (χ2n) is 8.31. The van der Waals surface area contributed by atoms with E-state index < -0.39 is 0 Å². The molecule has 0 aliphatic carbocycles. The molecule has 2 heterocycles. The lowest BCUT2D eigenvalue weighted by Gasteiger charge is -2.38. The second kappa shape index (κ2) is 10.1. The van der Waals surface area contributed by atoms with Crippen LogP contribution in [0, 0.1) is 6.92 Å². The maximum absolute atomic E-state index is 13.6. The molecule has 0 bridgehead atoms. The summed E-state index contributed by atoms with van der Waals surface area (Å²) in [7, 11) is 0. The van der Waals surface area contributed by atoms with Gasteiger partial charge >= 0.3 is 0 Å². The third kappa shape index (κ3) is 5.01. The van der Waals surface area contributed by atoms with Gasteiger partial charge in [-0.05, 0) is 37.1 Å². The zero-order chi connectivity index (χ0) is 22.7. The van der Waals surface area contributed by atoms with Gasteiger partial charge < -0.3 is 0 Å². The molecule has 0 unspecified atom stereocenters. The van der Waals surface area contributed by atoms with E-state index in [-0.39, 0.29) is 5.56 Å². The molecule has 0 spiro atoms. The van der Waals surface area contributed by atoms with Gasteiger partial charge in [-0.2, -0.15) is 0 Å². The van der Waals surface area contributed by atoms with Crippen LogP contribution in [0.4, 0.5) is 11.6 Å². The van der Waals surface area contributed by atoms with Crippen molar-refractivity contribution in [3.05, 3.63) is 85.8 Å². The summed E-state index contributed by atoms with van der Waals surface area (Å²) in [4.78, 5) is 22.9. The molecule has 1 aromatic heterocycles. The topological polar surface area (TPSA) is 41.4 Å². The van der Waals surface area contributed by atoms with Crippen molar-refractivity contribution < 1.29 is 0 Å². The minimum atomic E-state index is 0.00895. The van der Waals surface area contributed by atoms with Crippen molar-refractivity contribution in [1.29, 1.82) is 0 Å². The van der Waals surface area contributed by atoms with E-state index in [4.69, 9.17) is 28.2 Å². The van der Waals surface area contributed by atoms with Crippen molar-refractivity contribution in [2.45, 2.75) is 46.2 Å². The number of aryl methyl sites for hydroxylation is 1. The Morgan fingerprint density at radius 1 is 1.00 bits per heavy atom. The molecule has 0 saturated heterocycles. The number of hydrogen-bond donors (Lipinski definition) is 0. The normalized spacial score (nSPS) is 13.9. The molecule has 0 radical (unpaired) electrons. The average molecular weight is 471 g/mol. The van der Waals surface area contributed by atoms with Gasteiger partial charge in [-0.1, -0.05) is 73.3 Å². The average Bonchev–Trinajstić information content (AvgIpc) is 2.77. The zero-order valence-corrected chi connectivity index (χ0v) is 20.0. The first-order valence-corrected chi connectivity index (χ1v) is 11.8. The number of aromatic nitrogens is 2. The molecule has 1 aliphatic rings. The minimum absolute atomic E-state index is 0.00895. The van der Waals surface area contributed by atoms with E-state index in [9.17, 15) is 4.79 Å². The van der Waals surface area contributed by atoms with Crippen LogP contribution in [0.1, 0.15) is 43.0 Å². The van der Waals surface area contributed by atoms with Crippen molar-refractivity contribution in [3.63, 3.8) is 0 Å². The fourth-order valence-corrected chi connectivity index (χ4v) is 4.66. The van der Waals surface area contributed by atoms with Crippen LogP contribution in [0.5, 0.6) is 0 Å². The molecule has 0 atom stereocenters. The lowest BCUT2D eigenvalue weighted by molar-refractivity contribution is 0.194. The molecule has 7 heteroatoms. The molecule has 0 N–H and O–H groups in total. The molecular formula is C25H28Cl2N4O. The van der Waals surface area contributed by atoms with Crippen molar-refractivity contribution in [1.82, 2.24) is 14.5 Å². The van der Waals surface area contributed by atoms with Gasteiger partial charge in [0.05, 0.1) is 19.0 Å². The quantitative estimate of drug-likeness (QED) is 0.396. The monoisotopic (exact) mass is 470 g/mol. The Bertz CT molecular complexity index is 1130. The molecule has 0 amide bonds. The van der Waals surface area contributed by atoms with Gasteiger partial charge in [-0.25, -0.2) is 4.98 Å². The van der Waals surface area contributed by atoms with E-state index in [1.165, 1.54) is 0 Å². The number of anilines is 2. The van der Waals surface area contributed by atoms with E-state index in [2.05, 4.69) is 11.8 Å². The van der Waals surface area contributed by atoms with Gasteiger partial charge in [0, 0.05) is 34.3 Å². The summed E-state index contributed by atoms with van der Waals surface area (Å²) in [6.45, 7) is 6.17. The Balaban J connectivity index is 1.77. The standard InChI is InChI=1S/C25H28Cl2N4O/c1-3-4-8-11-29-16-30(22-14-20(26)13-21(27)15-22)25-28-18(2)23(24(32)31(25)17-29)12-19-9-6-5-7-10-19/h5-7,9-10,13-15H,3-4,8,11-12,16-17H2,1-2H3. The van der Waals surface area contributed by atoms with Gasteiger partial charge in [0.1, 0.15) is 0 Å². The van der Waals surface area contributed by atoms with Gasteiger partial charge in [-0.15, -0.1) is 0 Å². The highest BCUT2D eigenvalue weighted by molar-refractivity contribution is 6.35. The first kappa shape index (κ1) is 22.8. The van der Waals surface area contributed by atoms with E-state index in [0.29, 0.717) is 35.8 Å². The van der Waals surface area contributed by atoms with Gasteiger partial charge in [0.2, 0.25) is 5.95 Å². The Hall–Kier alpha value is -2.34. The molecule has 32 heavy (non-hydrogen) atoms. The number of fused-ring (bicyclic) bond motifs is 1. The summed E-state index contributed by atoms with van der Waals surface area (Å²) in [5.41, 5.74) is 3.43. The zero-order valence-electron chi connectivity index (χ0n) is 18.5. The predicted octanol–water partition coefficient (Wildman–Crippen LogP) is 6.01. The maximum atomic E-state index is 13.6. The Labute approximate surface area is 199 Å². The fourth-order valence-electron chi connectivity index (χ4n) is 4.15. The third-order valence-electron chi connectivity index (χ3n) is 5.83. The minimum Gasteiger partial charge on any atom is -0.298 e. The Morgan fingerprint density at radius 2 is 1.72 bits per heavy atom. The highest BCUT2D eigenvalue weighted by Gasteiger charge is 2.28. The molecule has 3 aromatic rings. The Kier molecular flexibility index (Phi) is 7.19. The van der Waals surface area contributed by atoms with E-state index in [1.54, 1.807) is 10.6 Å². The van der Waals surface area contributed by atoms with Gasteiger partial charge in [-0.3, -0.25) is 19.2 Å². The van der Waals surface area contributed by atoms with E-state index in [1.807, 2.05) is 54.3 Å². The summed E-state index contributed by atoms with van der Waals surface area (Å²) < 4.78 is 1.79. The van der Waals surface area contributed by atoms with Crippen LogP contribution in [-0.4, -0.2) is 27.7 Å². The van der Waals surface area contributed by atoms with Crippen molar-refractivity contribution in [3.8, 4) is 0 Å². The van der Waals surface area contributed by atoms with Crippen LogP contribution in [0.2, 0.25) is 10.0 Å². The molecule has 5 nitrogen and oxygen atoms in total. The molecule has 2 aromatic carbocycles. The van der Waals surface area contributed by atoms with Crippen LogP contribution in [0.25, 0.3) is 0 Å². The summed E-state index contributed by atoms with van der Waals surface area (Å²) in [5, 5.41) is 1.11. The summed E-state index contributed by atoms with van der Waals surface area (Å²) in [6.07, 6.45) is 3.96. The van der Waals surface area contributed by atoms with E-state index >= 15 is 0 Å². The Morgan fingerprint density at radius 3 is 2.41 bits per heavy atom. The van der Waals surface area contributed by atoms with Crippen molar-refractivity contribution in [2.75, 3.05) is 18.1 Å². The number of hydrogen-bond acceptors (Lipinski definition) is 4.